The summed E-state index contributed by atoms with van der Waals surface area (Å²) in [5.74, 6) is 1.35. The molecule has 35 heavy (non-hydrogen) atoms. The van der Waals surface area contributed by atoms with Crippen LogP contribution in [-0.4, -0.2) is 31.6 Å². The Labute approximate surface area is 203 Å². The third kappa shape index (κ3) is 3.95. The Balaban J connectivity index is 1.62. The minimum Gasteiger partial charge on any atom is -0.497 e. The van der Waals surface area contributed by atoms with E-state index in [9.17, 15) is 9.59 Å². The molecule has 6 heteroatoms. The molecule has 1 aliphatic rings. The molecule has 0 bridgehead atoms. The van der Waals surface area contributed by atoms with Gasteiger partial charge in [-0.15, -0.1) is 0 Å². The highest BCUT2D eigenvalue weighted by Gasteiger charge is 2.42. The van der Waals surface area contributed by atoms with Crippen molar-refractivity contribution in [2.24, 2.45) is 0 Å². The Morgan fingerprint density at radius 1 is 0.886 bits per heavy atom. The van der Waals surface area contributed by atoms with Crippen LogP contribution in [0.4, 0.5) is 0 Å². The van der Waals surface area contributed by atoms with Crippen molar-refractivity contribution in [2.45, 2.75) is 26.3 Å². The van der Waals surface area contributed by atoms with E-state index in [1.54, 1.807) is 19.1 Å². The van der Waals surface area contributed by atoms with E-state index in [1.165, 1.54) is 0 Å². The Kier molecular flexibility index (Phi) is 5.81. The van der Waals surface area contributed by atoms with Gasteiger partial charge >= 0.3 is 0 Å². The van der Waals surface area contributed by atoms with Crippen molar-refractivity contribution in [2.75, 3.05) is 20.8 Å². The molecule has 0 radical (unpaired) electrons. The lowest BCUT2D eigenvalue weighted by Gasteiger charge is -2.25. The molecule has 0 spiro atoms. The maximum Gasteiger partial charge on any atom is 0.290 e. The van der Waals surface area contributed by atoms with E-state index in [2.05, 4.69) is 0 Å². The van der Waals surface area contributed by atoms with Crippen LogP contribution in [0.3, 0.4) is 0 Å². The van der Waals surface area contributed by atoms with Crippen LogP contribution in [0, 0.1) is 13.8 Å². The fraction of sp³-hybridized carbons (Fsp3) is 0.241. The van der Waals surface area contributed by atoms with Gasteiger partial charge in [0.15, 0.2) is 5.43 Å². The second kappa shape index (κ2) is 8.95. The van der Waals surface area contributed by atoms with Crippen LogP contribution >= 0.6 is 0 Å². The Morgan fingerprint density at radius 3 is 2.14 bits per heavy atom. The molecule has 0 saturated carbocycles. The summed E-state index contributed by atoms with van der Waals surface area (Å²) in [7, 11) is 3.24. The molecule has 0 unspecified atom stereocenters. The quantitative estimate of drug-likeness (QED) is 0.388. The summed E-state index contributed by atoms with van der Waals surface area (Å²) < 4.78 is 16.7. The highest BCUT2D eigenvalue weighted by Crippen LogP contribution is 2.39. The highest BCUT2D eigenvalue weighted by atomic mass is 16.5. The molecule has 1 atom stereocenters. The Morgan fingerprint density at radius 2 is 1.51 bits per heavy atom. The van der Waals surface area contributed by atoms with Crippen LogP contribution in [0.25, 0.3) is 11.0 Å². The van der Waals surface area contributed by atoms with Gasteiger partial charge in [-0.2, -0.15) is 0 Å². The van der Waals surface area contributed by atoms with Crippen molar-refractivity contribution in [3.8, 4) is 11.5 Å². The molecular weight excluding hydrogens is 442 g/mol. The van der Waals surface area contributed by atoms with E-state index in [-0.39, 0.29) is 17.1 Å². The van der Waals surface area contributed by atoms with E-state index in [1.807, 2.05) is 74.5 Å². The SMILES string of the molecule is COc1ccc(CCN2C(=O)c3oc4c(C)cc(C)cc4c(=O)c3[C@@H]2c2ccc(OC)cc2)cc1. The molecule has 1 aromatic heterocycles. The molecule has 0 N–H and O–H groups in total. The van der Waals surface area contributed by atoms with Crippen molar-refractivity contribution in [1.29, 1.82) is 0 Å². The monoisotopic (exact) mass is 469 g/mol. The number of ether oxygens (including phenoxy) is 2. The number of carbonyl (C=O) groups is 1. The number of methoxy groups -OCH3 is 2. The lowest BCUT2D eigenvalue weighted by Crippen LogP contribution is -2.31. The maximum atomic E-state index is 13.8. The van der Waals surface area contributed by atoms with Gasteiger partial charge in [0.05, 0.1) is 31.2 Å². The first-order chi connectivity index (χ1) is 16.9. The second-order valence-corrected chi connectivity index (χ2v) is 8.90. The standard InChI is InChI=1S/C29H27NO5/c1-17-15-18(2)27-23(16-17)26(31)24-25(20-7-11-22(34-4)12-8-20)30(29(32)28(24)35-27)14-13-19-5-9-21(33-3)10-6-19/h5-12,15-16,25H,13-14H2,1-4H3/t25-/m0/s1. The molecule has 1 amide bonds. The van der Waals surface area contributed by atoms with Crippen LogP contribution in [0.1, 0.15) is 44.4 Å². The number of carbonyl (C=O) groups excluding carboxylic acids is 1. The zero-order valence-electron chi connectivity index (χ0n) is 20.3. The summed E-state index contributed by atoms with van der Waals surface area (Å²) in [5, 5.41) is 0.504. The largest absolute Gasteiger partial charge is 0.497 e. The smallest absolute Gasteiger partial charge is 0.290 e. The summed E-state index contributed by atoms with van der Waals surface area (Å²) in [6.45, 7) is 4.28. The maximum absolute atomic E-state index is 13.8. The van der Waals surface area contributed by atoms with E-state index < -0.39 is 6.04 Å². The third-order valence-corrected chi connectivity index (χ3v) is 6.63. The number of hydrogen-bond donors (Lipinski definition) is 0. The summed E-state index contributed by atoms with van der Waals surface area (Å²) in [4.78, 5) is 29.2. The van der Waals surface area contributed by atoms with Crippen molar-refractivity contribution >= 4 is 16.9 Å². The molecule has 3 aromatic carbocycles. The zero-order chi connectivity index (χ0) is 24.7. The first-order valence-electron chi connectivity index (χ1n) is 11.6. The van der Waals surface area contributed by atoms with E-state index >= 15 is 0 Å². The van der Waals surface area contributed by atoms with E-state index in [0.29, 0.717) is 35.2 Å². The average Bonchev–Trinajstić information content (AvgIpc) is 3.15. The highest BCUT2D eigenvalue weighted by molar-refractivity contribution is 5.99. The summed E-state index contributed by atoms with van der Waals surface area (Å²) in [6.07, 6.45) is 0.627. The van der Waals surface area contributed by atoms with Gasteiger partial charge in [0.1, 0.15) is 17.1 Å². The fourth-order valence-electron chi connectivity index (χ4n) is 4.88. The average molecular weight is 470 g/mol. The molecular formula is C29H27NO5. The van der Waals surface area contributed by atoms with Crippen LogP contribution in [0.5, 0.6) is 11.5 Å². The van der Waals surface area contributed by atoms with Gasteiger partial charge in [0.25, 0.3) is 5.91 Å². The number of fused-ring (bicyclic) bond motifs is 2. The zero-order valence-corrected chi connectivity index (χ0v) is 20.3. The van der Waals surface area contributed by atoms with Gasteiger partial charge in [-0.1, -0.05) is 30.3 Å². The molecule has 0 saturated heterocycles. The predicted molar refractivity (Wildman–Crippen MR) is 135 cm³/mol. The van der Waals surface area contributed by atoms with Gasteiger partial charge in [-0.05, 0) is 72.9 Å². The fourth-order valence-corrected chi connectivity index (χ4v) is 4.88. The minimum absolute atomic E-state index is 0.130. The molecule has 0 fully saturated rings. The van der Waals surface area contributed by atoms with E-state index in [0.717, 1.165) is 28.0 Å². The topological polar surface area (TPSA) is 69.0 Å². The van der Waals surface area contributed by atoms with Crippen molar-refractivity contribution in [1.82, 2.24) is 4.90 Å². The summed E-state index contributed by atoms with van der Waals surface area (Å²) in [5.41, 5.74) is 4.43. The number of rotatable bonds is 6. The van der Waals surface area contributed by atoms with E-state index in [4.69, 9.17) is 13.9 Å². The second-order valence-electron chi connectivity index (χ2n) is 8.90. The number of aryl methyl sites for hydroxylation is 2. The molecule has 178 valence electrons. The Bertz CT molecular complexity index is 1470. The normalized spacial score (nSPS) is 14.9. The van der Waals surface area contributed by atoms with Crippen LogP contribution in [-0.2, 0) is 6.42 Å². The van der Waals surface area contributed by atoms with Crippen LogP contribution in [0.2, 0.25) is 0 Å². The first-order valence-corrected chi connectivity index (χ1v) is 11.6. The molecule has 2 heterocycles. The summed E-state index contributed by atoms with van der Waals surface area (Å²) in [6, 6.07) is 18.5. The van der Waals surface area contributed by atoms with Crippen molar-refractivity contribution < 1.29 is 18.7 Å². The molecule has 4 aromatic rings. The molecule has 5 rings (SSSR count). The van der Waals surface area contributed by atoms with Gasteiger partial charge in [-0.3, -0.25) is 9.59 Å². The van der Waals surface area contributed by atoms with Gasteiger partial charge in [0, 0.05) is 6.54 Å². The number of benzene rings is 3. The number of nitrogens with zero attached hydrogens (tertiary/aromatic N) is 1. The molecule has 1 aliphatic heterocycles. The first kappa shape index (κ1) is 22.7. The number of amides is 1. The van der Waals surface area contributed by atoms with Gasteiger partial charge < -0.3 is 18.8 Å². The van der Waals surface area contributed by atoms with Gasteiger partial charge in [0.2, 0.25) is 5.76 Å². The predicted octanol–water partition coefficient (Wildman–Crippen LogP) is 5.21. The van der Waals surface area contributed by atoms with Crippen LogP contribution in [0.15, 0.2) is 69.9 Å². The van der Waals surface area contributed by atoms with Crippen molar-refractivity contribution in [3.05, 3.63) is 104 Å². The van der Waals surface area contributed by atoms with Crippen molar-refractivity contribution in [3.63, 3.8) is 0 Å². The summed E-state index contributed by atoms with van der Waals surface area (Å²) >= 11 is 0. The number of hydrogen-bond acceptors (Lipinski definition) is 5. The lowest BCUT2D eigenvalue weighted by molar-refractivity contribution is 0.0730. The minimum atomic E-state index is -0.539. The lowest BCUT2D eigenvalue weighted by atomic mass is 9.97. The van der Waals surface area contributed by atoms with Crippen LogP contribution < -0.4 is 14.9 Å². The Hall–Kier alpha value is -4.06. The van der Waals surface area contributed by atoms with Gasteiger partial charge in [-0.25, -0.2) is 0 Å². The molecule has 0 aliphatic carbocycles. The molecule has 6 nitrogen and oxygen atoms in total. The third-order valence-electron chi connectivity index (χ3n) is 6.63.